The topological polar surface area (TPSA) is 117 Å². The van der Waals surface area contributed by atoms with Crippen LogP contribution in [0.25, 0.3) is 21.5 Å². The van der Waals surface area contributed by atoms with Gasteiger partial charge in [0.05, 0.1) is 38.6 Å². The summed E-state index contributed by atoms with van der Waals surface area (Å²) in [5.41, 5.74) is 5.78. The van der Waals surface area contributed by atoms with Gasteiger partial charge in [-0.3, -0.25) is 9.59 Å². The number of hydrogen-bond acceptors (Lipinski definition) is 6. The van der Waals surface area contributed by atoms with E-state index in [0.717, 1.165) is 36.8 Å². The first kappa shape index (κ1) is 56.3. The molecular weight excluding hydrogens is 869 g/mol. The molecule has 2 amide bonds. The summed E-state index contributed by atoms with van der Waals surface area (Å²) >= 11 is 0. The molecule has 0 heterocycles. The van der Waals surface area contributed by atoms with Crippen molar-refractivity contribution in [1.29, 1.82) is 0 Å². The van der Waals surface area contributed by atoms with Crippen molar-refractivity contribution in [2.24, 2.45) is 11.8 Å². The lowest BCUT2D eigenvalue weighted by Gasteiger charge is -2.16. The predicted octanol–water partition coefficient (Wildman–Crippen LogP) is 11.3. The molecule has 0 unspecified atom stereocenters. The fourth-order valence-corrected chi connectivity index (χ4v) is 7.65. The van der Waals surface area contributed by atoms with Crippen molar-refractivity contribution in [2.75, 3.05) is 39.5 Å². The van der Waals surface area contributed by atoms with Crippen LogP contribution in [0.2, 0.25) is 0 Å². The van der Waals surface area contributed by atoms with E-state index in [1.165, 1.54) is 32.7 Å². The Morgan fingerprint density at radius 3 is 1.36 bits per heavy atom. The van der Waals surface area contributed by atoms with Crippen LogP contribution in [0.5, 0.6) is 0 Å². The first-order valence-electron chi connectivity index (χ1n) is 24.9. The average Bonchev–Trinajstić information content (AvgIpc) is 3.37. The van der Waals surface area contributed by atoms with Crippen molar-refractivity contribution in [3.8, 4) is 23.7 Å². The molecule has 4 aromatic carbocycles. The fraction of sp³-hybridized carbons (Fsp3) is 0.387. The molecule has 0 aliphatic carbocycles. The Morgan fingerprint density at radius 2 is 0.943 bits per heavy atom. The average molecular weight is 945 g/mol. The molecule has 4 rings (SSSR count). The van der Waals surface area contributed by atoms with E-state index in [9.17, 15) is 19.8 Å². The summed E-state index contributed by atoms with van der Waals surface area (Å²) in [4.78, 5) is 24.9. The standard InChI is InChI=1S/C62H76N2O6/c1-47(59(65)49(3)27-21-29-53-35-37-55-31-17-19-33-57(55)45-53)23-13-9-7-11-15-25-51(5)61(67)63-39-41-69-43-44-70-42-40-64-62(68)52(6)26-16-12-8-10-14-24-48(2)60(66)50(4)28-22-30-54-36-38-56-32-18-20-34-58(56)46-54/h13-14,17-20,23-28,31-38,45-48,59-60,65-66H,11-12,15-16,21-22,29-30,39-44H2,1-6H3,(H,63,67)(H,64,68)/b23-13+,24-14+,49-27-,50-28+,51-25-,52-26+/t47-,48-,59-,60-/m1/s1. The molecule has 0 aromatic heterocycles. The van der Waals surface area contributed by atoms with Gasteiger partial charge in [0.1, 0.15) is 0 Å². The fourth-order valence-electron chi connectivity index (χ4n) is 7.65. The largest absolute Gasteiger partial charge is 0.388 e. The van der Waals surface area contributed by atoms with Crippen molar-refractivity contribution in [1.82, 2.24) is 10.6 Å². The molecule has 0 saturated carbocycles. The second kappa shape index (κ2) is 32.5. The van der Waals surface area contributed by atoms with Crippen molar-refractivity contribution in [2.45, 2.75) is 105 Å². The monoisotopic (exact) mass is 945 g/mol. The first-order valence-corrected chi connectivity index (χ1v) is 24.9. The maximum atomic E-state index is 12.4. The minimum atomic E-state index is -0.560. The van der Waals surface area contributed by atoms with Crippen molar-refractivity contribution in [3.63, 3.8) is 0 Å². The van der Waals surface area contributed by atoms with Crippen LogP contribution in [-0.4, -0.2) is 73.8 Å². The quantitative estimate of drug-likeness (QED) is 0.0205. The number of allylic oxidation sites excluding steroid dienone is 6. The van der Waals surface area contributed by atoms with Crippen LogP contribution in [0.15, 0.2) is 156 Å². The molecule has 0 fully saturated rings. The van der Waals surface area contributed by atoms with Gasteiger partial charge in [0.25, 0.3) is 0 Å². The summed E-state index contributed by atoms with van der Waals surface area (Å²) in [5, 5.41) is 32.3. The van der Waals surface area contributed by atoms with E-state index in [4.69, 9.17) is 9.47 Å². The van der Waals surface area contributed by atoms with Crippen LogP contribution >= 0.6 is 0 Å². The Bertz CT molecular complexity index is 2410. The summed E-state index contributed by atoms with van der Waals surface area (Å²) in [5.74, 6) is 11.9. The molecule has 4 atom stereocenters. The molecule has 0 radical (unpaired) electrons. The molecule has 0 aliphatic heterocycles. The van der Waals surface area contributed by atoms with Crippen molar-refractivity contribution < 1.29 is 29.3 Å². The first-order chi connectivity index (χ1) is 33.9. The zero-order valence-electron chi connectivity index (χ0n) is 42.4. The Labute approximate surface area is 418 Å². The Morgan fingerprint density at radius 1 is 0.543 bits per heavy atom. The third kappa shape index (κ3) is 21.6. The molecule has 0 bridgehead atoms. The predicted molar refractivity (Wildman–Crippen MR) is 290 cm³/mol. The van der Waals surface area contributed by atoms with Gasteiger partial charge in [-0.25, -0.2) is 0 Å². The number of fused-ring (bicyclic) bond motifs is 2. The third-order valence-electron chi connectivity index (χ3n) is 12.1. The van der Waals surface area contributed by atoms with Gasteiger partial charge in [0.15, 0.2) is 0 Å². The highest BCUT2D eigenvalue weighted by atomic mass is 16.5. The number of ether oxygens (including phenoxy) is 2. The zero-order chi connectivity index (χ0) is 50.4. The van der Waals surface area contributed by atoms with Crippen LogP contribution in [0, 0.1) is 35.5 Å². The number of carbonyl (C=O) groups excluding carboxylic acids is 2. The molecule has 8 nitrogen and oxygen atoms in total. The number of aliphatic hydroxyl groups is 2. The number of carbonyl (C=O) groups is 2. The Balaban J connectivity index is 0.958. The molecule has 70 heavy (non-hydrogen) atoms. The minimum absolute atomic E-state index is 0.0566. The minimum Gasteiger partial charge on any atom is -0.388 e. The van der Waals surface area contributed by atoms with Crippen LogP contribution in [0.4, 0.5) is 0 Å². The van der Waals surface area contributed by atoms with E-state index in [1.807, 2.05) is 52.0 Å². The van der Waals surface area contributed by atoms with E-state index in [2.05, 4.69) is 131 Å². The number of nitrogens with one attached hydrogen (secondary N) is 2. The van der Waals surface area contributed by atoms with Gasteiger partial charge in [-0.1, -0.05) is 159 Å². The summed E-state index contributed by atoms with van der Waals surface area (Å²) in [6.07, 6.45) is 20.6. The van der Waals surface area contributed by atoms with Gasteiger partial charge < -0.3 is 30.3 Å². The van der Waals surface area contributed by atoms with Crippen molar-refractivity contribution >= 4 is 33.4 Å². The summed E-state index contributed by atoms with van der Waals surface area (Å²) in [6.45, 7) is 13.8. The van der Waals surface area contributed by atoms with E-state index < -0.39 is 12.2 Å². The van der Waals surface area contributed by atoms with Gasteiger partial charge in [0.2, 0.25) is 11.8 Å². The molecule has 0 saturated heterocycles. The van der Waals surface area contributed by atoms with Crippen molar-refractivity contribution in [3.05, 3.63) is 167 Å². The number of unbranched alkanes of at least 4 members (excludes halogenated alkanes) is 2. The maximum absolute atomic E-state index is 12.4. The highest BCUT2D eigenvalue weighted by Gasteiger charge is 2.14. The molecule has 4 N–H and O–H groups in total. The molecule has 0 spiro atoms. The number of aryl methyl sites for hydroxylation is 2. The maximum Gasteiger partial charge on any atom is 0.246 e. The number of aliphatic hydroxyl groups excluding tert-OH is 2. The third-order valence-corrected chi connectivity index (χ3v) is 12.1. The van der Waals surface area contributed by atoms with Gasteiger partial charge in [-0.2, -0.15) is 0 Å². The summed E-state index contributed by atoms with van der Waals surface area (Å²) in [6, 6.07) is 29.9. The van der Waals surface area contributed by atoms with Crippen LogP contribution in [-0.2, 0) is 31.9 Å². The van der Waals surface area contributed by atoms with Gasteiger partial charge in [-0.15, -0.1) is 0 Å². The van der Waals surface area contributed by atoms with Gasteiger partial charge in [0, 0.05) is 48.9 Å². The number of benzene rings is 4. The smallest absolute Gasteiger partial charge is 0.246 e. The van der Waals surface area contributed by atoms with Crippen LogP contribution in [0.3, 0.4) is 0 Å². The van der Waals surface area contributed by atoms with E-state index in [1.54, 1.807) is 26.0 Å². The van der Waals surface area contributed by atoms with Gasteiger partial charge >= 0.3 is 0 Å². The Hall–Kier alpha value is -6.26. The lowest BCUT2D eigenvalue weighted by atomic mass is 9.96. The van der Waals surface area contributed by atoms with E-state index in [0.29, 0.717) is 76.3 Å². The molecule has 0 aliphatic rings. The van der Waals surface area contributed by atoms with Crippen LogP contribution < -0.4 is 10.6 Å². The van der Waals surface area contributed by atoms with Gasteiger partial charge in [-0.05, 0) is 122 Å². The Kier molecular flexibility index (Phi) is 26.2. The van der Waals surface area contributed by atoms with E-state index >= 15 is 0 Å². The number of hydrogen-bond donors (Lipinski definition) is 4. The second-order valence-corrected chi connectivity index (χ2v) is 17.9. The lowest BCUT2D eigenvalue weighted by molar-refractivity contribution is -0.118. The summed E-state index contributed by atoms with van der Waals surface area (Å²) < 4.78 is 11.1. The molecule has 370 valence electrons. The van der Waals surface area contributed by atoms with Crippen LogP contribution in [0.1, 0.15) is 91.2 Å². The summed E-state index contributed by atoms with van der Waals surface area (Å²) in [7, 11) is 0. The lowest BCUT2D eigenvalue weighted by Crippen LogP contribution is -2.29. The number of rotatable bonds is 27. The molecular formula is C62H76N2O6. The number of amides is 2. The molecule has 8 heteroatoms. The van der Waals surface area contributed by atoms with E-state index in [-0.39, 0.29) is 23.7 Å². The SMILES string of the molecule is C/C(=C/CCC#C/C=C/[C@@H](C)[C@@H](O)/C(C)=C\CCc1ccc2ccccc2c1)C(=O)NCCOCCOCCNC(=O)/C(C)=C/CCC#C/C=C/[C@@H](C)[C@@H](O)/C(C)=C/CCc1ccc2ccccc2c1. The normalized spacial score (nSPS) is 14.2. The highest BCUT2D eigenvalue weighted by molar-refractivity contribution is 5.93. The zero-order valence-corrected chi connectivity index (χ0v) is 42.4. The second-order valence-electron chi connectivity index (χ2n) is 17.9. The highest BCUT2D eigenvalue weighted by Crippen LogP contribution is 2.21. The molecule has 4 aromatic rings.